The number of nitrogens with zero attached hydrogens (tertiary/aromatic N) is 2. The van der Waals surface area contributed by atoms with E-state index in [9.17, 15) is 9.59 Å². The SMILES string of the molecule is CC1CCCC/C1=N\NC(=O)c1cccc(N2CCCC2=O)c1. The third-order valence-corrected chi connectivity index (χ3v) is 4.68. The van der Waals surface area contributed by atoms with Crippen molar-refractivity contribution in [2.45, 2.75) is 45.4 Å². The zero-order chi connectivity index (χ0) is 16.2. The summed E-state index contributed by atoms with van der Waals surface area (Å²) < 4.78 is 0. The van der Waals surface area contributed by atoms with E-state index in [4.69, 9.17) is 0 Å². The summed E-state index contributed by atoms with van der Waals surface area (Å²) >= 11 is 0. The van der Waals surface area contributed by atoms with Crippen LogP contribution in [0.3, 0.4) is 0 Å². The Morgan fingerprint density at radius 2 is 2.13 bits per heavy atom. The number of carbonyl (C=O) groups is 2. The Kier molecular flexibility index (Phi) is 4.74. The van der Waals surface area contributed by atoms with Crippen LogP contribution in [0.15, 0.2) is 29.4 Å². The van der Waals surface area contributed by atoms with Crippen LogP contribution in [0.4, 0.5) is 5.69 Å². The van der Waals surface area contributed by atoms with Gasteiger partial charge in [0, 0.05) is 29.9 Å². The summed E-state index contributed by atoms with van der Waals surface area (Å²) in [6.07, 6.45) is 5.94. The van der Waals surface area contributed by atoms with Crippen molar-refractivity contribution < 1.29 is 9.59 Å². The topological polar surface area (TPSA) is 61.8 Å². The van der Waals surface area contributed by atoms with Gasteiger partial charge in [-0.25, -0.2) is 5.43 Å². The third kappa shape index (κ3) is 3.60. The summed E-state index contributed by atoms with van der Waals surface area (Å²) in [5, 5.41) is 4.32. The molecule has 5 nitrogen and oxygen atoms in total. The molecule has 0 spiro atoms. The molecule has 1 atom stereocenters. The predicted octanol–water partition coefficient (Wildman–Crippen LogP) is 3.11. The van der Waals surface area contributed by atoms with Gasteiger partial charge in [0.2, 0.25) is 5.91 Å². The lowest BCUT2D eigenvalue weighted by molar-refractivity contribution is -0.117. The molecule has 0 bridgehead atoms. The largest absolute Gasteiger partial charge is 0.312 e. The zero-order valence-electron chi connectivity index (χ0n) is 13.5. The molecule has 1 aromatic carbocycles. The van der Waals surface area contributed by atoms with Crippen LogP contribution in [-0.4, -0.2) is 24.1 Å². The molecule has 1 N–H and O–H groups in total. The Morgan fingerprint density at radius 3 is 2.87 bits per heavy atom. The molecule has 2 amide bonds. The Bertz CT molecular complexity index is 639. The summed E-state index contributed by atoms with van der Waals surface area (Å²) in [6.45, 7) is 2.88. The van der Waals surface area contributed by atoms with Gasteiger partial charge in [0.15, 0.2) is 0 Å². The summed E-state index contributed by atoms with van der Waals surface area (Å²) in [5.74, 6) is 0.347. The van der Waals surface area contributed by atoms with E-state index in [-0.39, 0.29) is 11.8 Å². The van der Waals surface area contributed by atoms with Crippen LogP contribution in [-0.2, 0) is 4.79 Å². The van der Waals surface area contributed by atoms with Crippen molar-refractivity contribution in [2.24, 2.45) is 11.0 Å². The predicted molar refractivity (Wildman–Crippen MR) is 90.6 cm³/mol. The number of hydrogen-bond acceptors (Lipinski definition) is 3. The molecule has 2 aliphatic rings. The molecule has 5 heteroatoms. The Labute approximate surface area is 136 Å². The summed E-state index contributed by atoms with van der Waals surface area (Å²) in [6, 6.07) is 7.20. The van der Waals surface area contributed by atoms with Crippen LogP contribution < -0.4 is 10.3 Å². The van der Waals surface area contributed by atoms with Gasteiger partial charge in [-0.3, -0.25) is 9.59 Å². The number of nitrogens with one attached hydrogen (secondary N) is 1. The number of rotatable bonds is 3. The average Bonchev–Trinajstić information content (AvgIpc) is 3.00. The van der Waals surface area contributed by atoms with Crippen LogP contribution in [0.1, 0.15) is 55.8 Å². The molecule has 1 heterocycles. The quantitative estimate of drug-likeness (QED) is 0.872. The van der Waals surface area contributed by atoms with E-state index in [1.807, 2.05) is 12.1 Å². The van der Waals surface area contributed by atoms with Gasteiger partial charge in [0.05, 0.1) is 0 Å². The van der Waals surface area contributed by atoms with Gasteiger partial charge in [-0.05, 0) is 49.8 Å². The first-order chi connectivity index (χ1) is 11.1. The number of benzene rings is 1. The molecule has 1 unspecified atom stereocenters. The van der Waals surface area contributed by atoms with Crippen molar-refractivity contribution >= 4 is 23.2 Å². The number of amides is 2. The van der Waals surface area contributed by atoms with Gasteiger partial charge in [0.1, 0.15) is 0 Å². The number of anilines is 1. The van der Waals surface area contributed by atoms with E-state index in [0.717, 1.165) is 43.6 Å². The van der Waals surface area contributed by atoms with Crippen LogP contribution in [0.2, 0.25) is 0 Å². The second-order valence-electron chi connectivity index (χ2n) is 6.39. The normalized spacial score (nSPS) is 23.3. The van der Waals surface area contributed by atoms with E-state index in [1.54, 1.807) is 17.0 Å². The maximum atomic E-state index is 12.3. The van der Waals surface area contributed by atoms with E-state index >= 15 is 0 Å². The smallest absolute Gasteiger partial charge is 0.271 e. The zero-order valence-corrected chi connectivity index (χ0v) is 13.5. The lowest BCUT2D eigenvalue weighted by Crippen LogP contribution is -2.26. The van der Waals surface area contributed by atoms with Crippen LogP contribution >= 0.6 is 0 Å². The van der Waals surface area contributed by atoms with E-state index in [1.165, 1.54) is 6.42 Å². The first kappa shape index (κ1) is 15.7. The average molecular weight is 313 g/mol. The molecule has 2 fully saturated rings. The number of hydrazone groups is 1. The Morgan fingerprint density at radius 1 is 1.26 bits per heavy atom. The van der Waals surface area contributed by atoms with Gasteiger partial charge in [-0.1, -0.05) is 19.4 Å². The maximum absolute atomic E-state index is 12.3. The molecule has 23 heavy (non-hydrogen) atoms. The molecule has 1 saturated heterocycles. The van der Waals surface area contributed by atoms with Crippen molar-refractivity contribution in [3.63, 3.8) is 0 Å². The molecule has 1 saturated carbocycles. The summed E-state index contributed by atoms with van der Waals surface area (Å²) in [7, 11) is 0. The molecular weight excluding hydrogens is 290 g/mol. The minimum atomic E-state index is -0.219. The summed E-state index contributed by atoms with van der Waals surface area (Å²) in [4.78, 5) is 25.9. The van der Waals surface area contributed by atoms with Gasteiger partial charge >= 0.3 is 0 Å². The van der Waals surface area contributed by atoms with Crippen molar-refractivity contribution in [1.29, 1.82) is 0 Å². The first-order valence-electron chi connectivity index (χ1n) is 8.42. The van der Waals surface area contributed by atoms with Crippen LogP contribution in [0.5, 0.6) is 0 Å². The summed E-state index contributed by atoms with van der Waals surface area (Å²) in [5.41, 5.74) is 5.08. The highest BCUT2D eigenvalue weighted by Crippen LogP contribution is 2.23. The van der Waals surface area contributed by atoms with Crippen LogP contribution in [0, 0.1) is 5.92 Å². The number of carbonyl (C=O) groups excluding carboxylic acids is 2. The fraction of sp³-hybridized carbons (Fsp3) is 0.500. The minimum Gasteiger partial charge on any atom is -0.312 e. The highest BCUT2D eigenvalue weighted by Gasteiger charge is 2.22. The highest BCUT2D eigenvalue weighted by atomic mass is 16.2. The molecule has 122 valence electrons. The molecule has 1 aromatic rings. The maximum Gasteiger partial charge on any atom is 0.271 e. The first-order valence-corrected chi connectivity index (χ1v) is 8.42. The second-order valence-corrected chi connectivity index (χ2v) is 6.39. The highest BCUT2D eigenvalue weighted by molar-refractivity contribution is 5.99. The van der Waals surface area contributed by atoms with Crippen molar-refractivity contribution in [1.82, 2.24) is 5.43 Å². The van der Waals surface area contributed by atoms with Gasteiger partial charge < -0.3 is 4.90 Å². The van der Waals surface area contributed by atoms with E-state index in [0.29, 0.717) is 17.9 Å². The molecule has 1 aliphatic heterocycles. The fourth-order valence-electron chi connectivity index (χ4n) is 3.26. The van der Waals surface area contributed by atoms with Gasteiger partial charge in [0.25, 0.3) is 5.91 Å². The lowest BCUT2D eigenvalue weighted by Gasteiger charge is -2.20. The van der Waals surface area contributed by atoms with Crippen LogP contribution in [0.25, 0.3) is 0 Å². The molecule has 0 aromatic heterocycles. The van der Waals surface area contributed by atoms with Gasteiger partial charge in [-0.2, -0.15) is 5.10 Å². The number of hydrogen-bond donors (Lipinski definition) is 1. The monoisotopic (exact) mass is 313 g/mol. The van der Waals surface area contributed by atoms with E-state index < -0.39 is 0 Å². The third-order valence-electron chi connectivity index (χ3n) is 4.68. The van der Waals surface area contributed by atoms with Gasteiger partial charge in [-0.15, -0.1) is 0 Å². The van der Waals surface area contributed by atoms with Crippen molar-refractivity contribution in [3.8, 4) is 0 Å². The standard InChI is InChI=1S/C18H23N3O2/c1-13-6-2-3-9-16(13)19-20-18(23)14-7-4-8-15(12-14)21-11-5-10-17(21)22/h4,7-8,12-13H,2-3,5-6,9-11H2,1H3,(H,20,23)/b19-16+. The minimum absolute atomic E-state index is 0.124. The van der Waals surface area contributed by atoms with E-state index in [2.05, 4.69) is 17.5 Å². The fourth-order valence-corrected chi connectivity index (χ4v) is 3.26. The Balaban J connectivity index is 1.70. The Hall–Kier alpha value is -2.17. The second kappa shape index (κ2) is 6.94. The van der Waals surface area contributed by atoms with Crippen molar-refractivity contribution in [3.05, 3.63) is 29.8 Å². The lowest BCUT2D eigenvalue weighted by atomic mass is 9.89. The molecular formula is C18H23N3O2. The molecule has 0 radical (unpaired) electrons. The van der Waals surface area contributed by atoms with Crippen molar-refractivity contribution in [2.75, 3.05) is 11.4 Å². The molecule has 1 aliphatic carbocycles. The molecule has 3 rings (SSSR count).